The van der Waals surface area contributed by atoms with Crippen LogP contribution in [0.25, 0.3) is 22.6 Å². The Labute approximate surface area is 161 Å². The molecule has 9 heteroatoms. The monoisotopic (exact) mass is 395 g/mol. The van der Waals surface area contributed by atoms with Crippen molar-refractivity contribution in [1.82, 2.24) is 23.8 Å². The number of aromatic nitrogens is 5. The molecule has 0 unspecified atom stereocenters. The Morgan fingerprint density at radius 3 is 2.48 bits per heavy atom. The van der Waals surface area contributed by atoms with Crippen molar-refractivity contribution in [3.8, 4) is 22.9 Å². The molecule has 0 spiro atoms. The number of ether oxygens (including phenoxy) is 1. The predicted molar refractivity (Wildman–Crippen MR) is 98.7 cm³/mol. The lowest BCUT2D eigenvalue weighted by Crippen LogP contribution is -2.09. The van der Waals surface area contributed by atoms with Gasteiger partial charge in [-0.2, -0.15) is 13.2 Å². The summed E-state index contributed by atoms with van der Waals surface area (Å²) in [6.45, 7) is 0. The number of pyridine rings is 1. The SMILES string of the molecule is FC(F)(F)c1cc(Oc2nccn3ccnc23)ccc1-c1cccc2nccn12. The van der Waals surface area contributed by atoms with Gasteiger partial charge in [0.2, 0.25) is 5.65 Å². The van der Waals surface area contributed by atoms with Crippen molar-refractivity contribution in [1.29, 1.82) is 0 Å². The van der Waals surface area contributed by atoms with Crippen LogP contribution in [0.3, 0.4) is 0 Å². The largest absolute Gasteiger partial charge is 0.436 e. The Morgan fingerprint density at radius 1 is 0.862 bits per heavy atom. The van der Waals surface area contributed by atoms with Gasteiger partial charge in [-0.25, -0.2) is 15.0 Å². The zero-order valence-corrected chi connectivity index (χ0v) is 14.7. The van der Waals surface area contributed by atoms with Crippen molar-refractivity contribution in [2.24, 2.45) is 0 Å². The summed E-state index contributed by atoms with van der Waals surface area (Å²) in [5.41, 5.74) is 0.568. The molecule has 0 aliphatic rings. The van der Waals surface area contributed by atoms with Gasteiger partial charge in [0.1, 0.15) is 11.4 Å². The molecule has 144 valence electrons. The molecule has 4 heterocycles. The Morgan fingerprint density at radius 2 is 1.66 bits per heavy atom. The number of halogens is 3. The Hall–Kier alpha value is -3.88. The normalized spacial score (nSPS) is 12.0. The average Bonchev–Trinajstić information content (AvgIpc) is 3.37. The van der Waals surface area contributed by atoms with Crippen molar-refractivity contribution >= 4 is 11.3 Å². The smallest absolute Gasteiger partial charge is 0.417 e. The van der Waals surface area contributed by atoms with E-state index >= 15 is 0 Å². The topological polar surface area (TPSA) is 56.7 Å². The van der Waals surface area contributed by atoms with E-state index in [0.717, 1.165) is 6.07 Å². The van der Waals surface area contributed by atoms with E-state index < -0.39 is 11.7 Å². The highest BCUT2D eigenvalue weighted by atomic mass is 19.4. The van der Waals surface area contributed by atoms with E-state index in [1.807, 2.05) is 0 Å². The van der Waals surface area contributed by atoms with E-state index in [1.165, 1.54) is 18.3 Å². The number of alkyl halides is 3. The lowest BCUT2D eigenvalue weighted by Gasteiger charge is -2.16. The molecule has 0 N–H and O–H groups in total. The van der Waals surface area contributed by atoms with Crippen molar-refractivity contribution < 1.29 is 17.9 Å². The summed E-state index contributed by atoms with van der Waals surface area (Å²) >= 11 is 0. The van der Waals surface area contributed by atoms with Gasteiger partial charge in [0, 0.05) is 42.7 Å². The van der Waals surface area contributed by atoms with Crippen molar-refractivity contribution in [2.75, 3.05) is 0 Å². The highest BCUT2D eigenvalue weighted by Crippen LogP contribution is 2.40. The predicted octanol–water partition coefficient (Wildman–Crippen LogP) is 4.86. The van der Waals surface area contributed by atoms with Gasteiger partial charge >= 0.3 is 6.18 Å². The molecule has 1 aromatic carbocycles. The summed E-state index contributed by atoms with van der Waals surface area (Å²) in [5.74, 6) is 0.137. The molecule has 5 rings (SSSR count). The van der Waals surface area contributed by atoms with Crippen molar-refractivity contribution in [3.63, 3.8) is 0 Å². The van der Waals surface area contributed by atoms with Crippen LogP contribution in [0.1, 0.15) is 5.56 Å². The zero-order valence-electron chi connectivity index (χ0n) is 14.7. The van der Waals surface area contributed by atoms with Gasteiger partial charge in [0.25, 0.3) is 5.88 Å². The lowest BCUT2D eigenvalue weighted by molar-refractivity contribution is -0.137. The maximum Gasteiger partial charge on any atom is 0.417 e. The van der Waals surface area contributed by atoms with Gasteiger partial charge < -0.3 is 9.14 Å². The summed E-state index contributed by atoms with van der Waals surface area (Å²) in [5, 5.41) is 0. The number of hydrogen-bond donors (Lipinski definition) is 0. The molecule has 0 saturated carbocycles. The highest BCUT2D eigenvalue weighted by molar-refractivity contribution is 5.69. The fourth-order valence-electron chi connectivity index (χ4n) is 3.23. The highest BCUT2D eigenvalue weighted by Gasteiger charge is 2.35. The minimum atomic E-state index is -4.58. The van der Waals surface area contributed by atoms with Crippen molar-refractivity contribution in [3.05, 3.63) is 79.1 Å². The molecular weight excluding hydrogens is 383 g/mol. The van der Waals surface area contributed by atoms with Crippen molar-refractivity contribution in [2.45, 2.75) is 6.18 Å². The third-order valence-electron chi connectivity index (χ3n) is 4.49. The standard InChI is InChI=1S/C20H12F3N5O/c21-20(22,23)15-12-13(29-19-18-25-6-9-27(18)10-7-26-19)4-5-14(15)16-2-1-3-17-24-8-11-28(16)17/h1-12H. The lowest BCUT2D eigenvalue weighted by atomic mass is 10.0. The van der Waals surface area contributed by atoms with E-state index in [1.54, 1.807) is 58.0 Å². The number of rotatable bonds is 3. The molecule has 5 aromatic rings. The van der Waals surface area contributed by atoms with E-state index in [4.69, 9.17) is 4.74 Å². The number of nitrogens with zero attached hydrogens (tertiary/aromatic N) is 5. The molecular formula is C20H12F3N5O. The Bertz CT molecular complexity index is 1340. The Balaban J connectivity index is 1.63. The first-order chi connectivity index (χ1) is 14.0. The van der Waals surface area contributed by atoms with Gasteiger partial charge in [-0.15, -0.1) is 0 Å². The van der Waals surface area contributed by atoms with E-state index in [9.17, 15) is 13.2 Å². The van der Waals surface area contributed by atoms with Gasteiger partial charge in [0.05, 0.1) is 11.3 Å². The zero-order chi connectivity index (χ0) is 20.0. The maximum atomic E-state index is 13.9. The number of imidazole rings is 2. The second-order valence-electron chi connectivity index (χ2n) is 6.26. The fraction of sp³-hybridized carbons (Fsp3) is 0.0500. The third-order valence-corrected chi connectivity index (χ3v) is 4.49. The van der Waals surface area contributed by atoms with Gasteiger partial charge in [-0.3, -0.25) is 4.40 Å². The fourth-order valence-corrected chi connectivity index (χ4v) is 3.23. The first-order valence-corrected chi connectivity index (χ1v) is 8.60. The maximum absolute atomic E-state index is 13.9. The van der Waals surface area contributed by atoms with Gasteiger partial charge in [0.15, 0.2) is 0 Å². The third kappa shape index (κ3) is 2.96. The molecule has 6 nitrogen and oxygen atoms in total. The quantitative estimate of drug-likeness (QED) is 0.438. The summed E-state index contributed by atoms with van der Waals surface area (Å²) in [4.78, 5) is 12.3. The van der Waals surface area contributed by atoms with Crippen LogP contribution in [-0.2, 0) is 6.18 Å². The van der Waals surface area contributed by atoms with Crippen LogP contribution in [0.2, 0.25) is 0 Å². The molecule has 0 saturated heterocycles. The first-order valence-electron chi connectivity index (χ1n) is 8.60. The molecule has 0 aliphatic heterocycles. The van der Waals surface area contributed by atoms with E-state index in [2.05, 4.69) is 15.0 Å². The molecule has 4 aromatic heterocycles. The van der Waals surface area contributed by atoms with Crippen LogP contribution in [0, 0.1) is 0 Å². The summed E-state index contributed by atoms with van der Waals surface area (Å²) in [7, 11) is 0. The molecule has 0 aliphatic carbocycles. The van der Waals surface area contributed by atoms with Crippen LogP contribution >= 0.6 is 0 Å². The molecule has 29 heavy (non-hydrogen) atoms. The molecule has 0 radical (unpaired) electrons. The summed E-state index contributed by atoms with van der Waals surface area (Å²) < 4.78 is 50.5. The minimum absolute atomic E-state index is 0.0162. The molecule has 0 amide bonds. The van der Waals surface area contributed by atoms with Crippen LogP contribution < -0.4 is 4.74 Å². The van der Waals surface area contributed by atoms with Crippen LogP contribution in [0.5, 0.6) is 11.6 Å². The Kier molecular flexibility index (Phi) is 3.76. The minimum Gasteiger partial charge on any atom is -0.436 e. The molecule has 0 atom stereocenters. The van der Waals surface area contributed by atoms with Crippen LogP contribution in [-0.4, -0.2) is 23.8 Å². The number of fused-ring (bicyclic) bond motifs is 2. The second-order valence-corrected chi connectivity index (χ2v) is 6.26. The number of hydrogen-bond acceptors (Lipinski definition) is 4. The average molecular weight is 395 g/mol. The van der Waals surface area contributed by atoms with E-state index in [-0.39, 0.29) is 17.2 Å². The number of benzene rings is 1. The summed E-state index contributed by atoms with van der Waals surface area (Å²) in [6.07, 6.45) is 5.00. The second kappa shape index (κ2) is 6.33. The van der Waals surface area contributed by atoms with Gasteiger partial charge in [-0.05, 0) is 30.3 Å². The molecule has 0 fully saturated rings. The van der Waals surface area contributed by atoms with Crippen LogP contribution in [0.4, 0.5) is 13.2 Å². The first kappa shape index (κ1) is 17.2. The van der Waals surface area contributed by atoms with Crippen LogP contribution in [0.15, 0.2) is 73.6 Å². The summed E-state index contributed by atoms with van der Waals surface area (Å²) in [6, 6.07) is 8.86. The molecule has 0 bridgehead atoms. The van der Waals surface area contributed by atoms with E-state index in [0.29, 0.717) is 17.0 Å². The van der Waals surface area contributed by atoms with Gasteiger partial charge in [-0.1, -0.05) is 6.07 Å².